The third kappa shape index (κ3) is 6.98. The van der Waals surface area contributed by atoms with E-state index in [1.807, 2.05) is 18.2 Å². The highest BCUT2D eigenvalue weighted by Crippen LogP contribution is 2.20. The van der Waals surface area contributed by atoms with Gasteiger partial charge in [-0.1, -0.05) is 6.92 Å². The van der Waals surface area contributed by atoms with Crippen LogP contribution >= 0.6 is 11.8 Å². The van der Waals surface area contributed by atoms with Crippen LogP contribution in [0.3, 0.4) is 0 Å². The lowest BCUT2D eigenvalue weighted by Gasteiger charge is -2.25. The van der Waals surface area contributed by atoms with Crippen LogP contribution in [0.2, 0.25) is 0 Å². The maximum Gasteiger partial charge on any atom is 0.264 e. The molecule has 0 aliphatic carbocycles. The zero-order chi connectivity index (χ0) is 16.5. The van der Waals surface area contributed by atoms with Crippen molar-refractivity contribution < 1.29 is 9.66 Å². The van der Waals surface area contributed by atoms with Crippen molar-refractivity contribution >= 4 is 11.8 Å². The molecule has 0 N–H and O–H groups in total. The van der Waals surface area contributed by atoms with Crippen molar-refractivity contribution in [2.45, 2.75) is 32.8 Å². The smallest absolute Gasteiger partial charge is 0.264 e. The van der Waals surface area contributed by atoms with Gasteiger partial charge >= 0.3 is 0 Å². The minimum atomic E-state index is -0.387. The van der Waals surface area contributed by atoms with E-state index in [2.05, 4.69) is 18.7 Å². The third-order valence-electron chi connectivity index (χ3n) is 4.01. The fourth-order valence-electron chi connectivity index (χ4n) is 2.82. The van der Waals surface area contributed by atoms with Crippen LogP contribution in [0.25, 0.3) is 0 Å². The van der Waals surface area contributed by atoms with E-state index in [1.54, 1.807) is 0 Å². The van der Waals surface area contributed by atoms with Gasteiger partial charge in [0.05, 0.1) is 17.6 Å². The third-order valence-corrected chi connectivity index (χ3v) is 4.85. The second kappa shape index (κ2) is 10.1. The first kappa shape index (κ1) is 19.3. The van der Waals surface area contributed by atoms with E-state index in [1.165, 1.54) is 11.8 Å². The largest absolute Gasteiger partial charge is 0.378 e. The standard InChI is InChI=1S/C15H29N3O3S/c1-5-17(10-14-9-13(2)21-12-14)8-6-7-16(3)15(22-4)11-18(19)20/h11,13-14H,5-10,12H2,1-4H3. The highest BCUT2D eigenvalue weighted by molar-refractivity contribution is 8.02. The highest BCUT2D eigenvalue weighted by atomic mass is 32.2. The Bertz CT molecular complexity index is 379. The summed E-state index contributed by atoms with van der Waals surface area (Å²) in [4.78, 5) is 14.6. The molecule has 1 aliphatic rings. The SMILES string of the molecule is CCN(CCCN(C)C(=C[N+](=O)[O-])SC)CC1COC(C)C1. The lowest BCUT2D eigenvalue weighted by molar-refractivity contribution is -0.403. The Morgan fingerprint density at radius 2 is 2.23 bits per heavy atom. The minimum Gasteiger partial charge on any atom is -0.378 e. The maximum absolute atomic E-state index is 10.6. The van der Waals surface area contributed by atoms with Crippen molar-refractivity contribution in [3.05, 3.63) is 21.3 Å². The Labute approximate surface area is 138 Å². The predicted octanol–water partition coefficient (Wildman–Crippen LogP) is 2.49. The summed E-state index contributed by atoms with van der Waals surface area (Å²) in [6, 6.07) is 0. The quantitative estimate of drug-likeness (QED) is 0.453. The van der Waals surface area contributed by atoms with Gasteiger partial charge in [-0.2, -0.15) is 0 Å². The molecule has 0 aromatic carbocycles. The van der Waals surface area contributed by atoms with Crippen molar-refractivity contribution in [2.24, 2.45) is 5.92 Å². The highest BCUT2D eigenvalue weighted by Gasteiger charge is 2.23. The molecule has 0 saturated carbocycles. The van der Waals surface area contributed by atoms with Crippen LogP contribution in [0.1, 0.15) is 26.7 Å². The van der Waals surface area contributed by atoms with E-state index < -0.39 is 0 Å². The van der Waals surface area contributed by atoms with Crippen molar-refractivity contribution in [3.8, 4) is 0 Å². The maximum atomic E-state index is 10.6. The average Bonchev–Trinajstić information content (AvgIpc) is 2.88. The first-order valence-corrected chi connectivity index (χ1v) is 9.13. The fourth-order valence-corrected chi connectivity index (χ4v) is 3.41. The fraction of sp³-hybridized carbons (Fsp3) is 0.867. The summed E-state index contributed by atoms with van der Waals surface area (Å²) in [5, 5.41) is 11.3. The second-order valence-corrected chi connectivity index (χ2v) is 6.70. The number of nitro groups is 1. The Hall–Kier alpha value is -0.790. The molecule has 1 saturated heterocycles. The van der Waals surface area contributed by atoms with Crippen molar-refractivity contribution in [3.63, 3.8) is 0 Å². The molecule has 0 aromatic rings. The average molecular weight is 331 g/mol. The van der Waals surface area contributed by atoms with E-state index in [4.69, 9.17) is 4.74 Å². The summed E-state index contributed by atoms with van der Waals surface area (Å²) in [5.41, 5.74) is 0. The van der Waals surface area contributed by atoms with E-state index in [9.17, 15) is 10.1 Å². The number of ether oxygens (including phenoxy) is 1. The summed E-state index contributed by atoms with van der Waals surface area (Å²) in [6.45, 7) is 9.17. The topological polar surface area (TPSA) is 58.9 Å². The van der Waals surface area contributed by atoms with Gasteiger partial charge in [-0.25, -0.2) is 0 Å². The number of rotatable bonds is 10. The van der Waals surface area contributed by atoms with Crippen molar-refractivity contribution in [2.75, 3.05) is 46.1 Å². The molecule has 22 heavy (non-hydrogen) atoms. The normalized spacial score (nSPS) is 22.3. The van der Waals surface area contributed by atoms with Gasteiger partial charge in [-0.15, -0.1) is 11.8 Å². The van der Waals surface area contributed by atoms with Gasteiger partial charge in [-0.05, 0) is 45.0 Å². The van der Waals surface area contributed by atoms with Crippen LogP contribution < -0.4 is 0 Å². The Morgan fingerprint density at radius 1 is 1.50 bits per heavy atom. The molecule has 0 bridgehead atoms. The molecule has 0 spiro atoms. The van der Waals surface area contributed by atoms with Gasteiger partial charge < -0.3 is 14.5 Å². The second-order valence-electron chi connectivity index (χ2n) is 5.87. The Morgan fingerprint density at radius 3 is 2.73 bits per heavy atom. The summed E-state index contributed by atoms with van der Waals surface area (Å²) >= 11 is 1.41. The number of hydrogen-bond donors (Lipinski definition) is 0. The molecule has 1 fully saturated rings. The molecule has 6 nitrogen and oxygen atoms in total. The summed E-state index contributed by atoms with van der Waals surface area (Å²) in [5.74, 6) is 0.642. The minimum absolute atomic E-state index is 0.387. The molecule has 0 aromatic heterocycles. The zero-order valence-corrected chi connectivity index (χ0v) is 15.0. The van der Waals surface area contributed by atoms with Crippen LogP contribution in [0.15, 0.2) is 11.2 Å². The summed E-state index contributed by atoms with van der Waals surface area (Å²) < 4.78 is 5.63. The van der Waals surface area contributed by atoms with E-state index in [0.29, 0.717) is 17.1 Å². The summed E-state index contributed by atoms with van der Waals surface area (Å²) in [7, 11) is 1.91. The van der Waals surface area contributed by atoms with E-state index >= 15 is 0 Å². The Balaban J connectivity index is 2.32. The molecule has 1 heterocycles. The zero-order valence-electron chi connectivity index (χ0n) is 14.2. The molecule has 1 aliphatic heterocycles. The van der Waals surface area contributed by atoms with Gasteiger partial charge in [0, 0.05) is 20.1 Å². The molecular weight excluding hydrogens is 302 g/mol. The molecule has 0 amide bonds. The lowest BCUT2D eigenvalue weighted by atomic mass is 10.1. The van der Waals surface area contributed by atoms with Gasteiger partial charge in [0.15, 0.2) is 0 Å². The van der Waals surface area contributed by atoms with Gasteiger partial charge in [0.1, 0.15) is 5.03 Å². The first-order chi connectivity index (χ1) is 10.5. The molecule has 128 valence electrons. The van der Waals surface area contributed by atoms with Crippen LogP contribution in [-0.4, -0.2) is 66.9 Å². The van der Waals surface area contributed by atoms with Crippen LogP contribution in [0, 0.1) is 16.0 Å². The molecular formula is C15H29N3O3S. The van der Waals surface area contributed by atoms with Crippen LogP contribution in [0.4, 0.5) is 0 Å². The van der Waals surface area contributed by atoms with Crippen molar-refractivity contribution in [1.82, 2.24) is 9.80 Å². The monoisotopic (exact) mass is 331 g/mol. The molecule has 7 heteroatoms. The molecule has 2 atom stereocenters. The molecule has 0 radical (unpaired) electrons. The first-order valence-electron chi connectivity index (χ1n) is 7.90. The van der Waals surface area contributed by atoms with E-state index in [-0.39, 0.29) is 4.92 Å². The summed E-state index contributed by atoms with van der Waals surface area (Å²) in [6.07, 6.45) is 5.50. The van der Waals surface area contributed by atoms with Gasteiger partial charge in [-0.3, -0.25) is 10.1 Å². The van der Waals surface area contributed by atoms with Gasteiger partial charge in [0.2, 0.25) is 0 Å². The number of thioether (sulfide) groups is 1. The molecule has 1 rings (SSSR count). The Kier molecular flexibility index (Phi) is 8.82. The number of nitrogens with zero attached hydrogens (tertiary/aromatic N) is 3. The van der Waals surface area contributed by atoms with Crippen LogP contribution in [-0.2, 0) is 4.74 Å². The van der Waals surface area contributed by atoms with Crippen LogP contribution in [0.5, 0.6) is 0 Å². The van der Waals surface area contributed by atoms with Gasteiger partial charge in [0.25, 0.3) is 6.20 Å². The lowest BCUT2D eigenvalue weighted by Crippen LogP contribution is -2.32. The number of hydrogen-bond acceptors (Lipinski definition) is 6. The predicted molar refractivity (Wildman–Crippen MR) is 91.5 cm³/mol. The van der Waals surface area contributed by atoms with Crippen molar-refractivity contribution in [1.29, 1.82) is 0 Å². The molecule has 2 unspecified atom stereocenters. The van der Waals surface area contributed by atoms with E-state index in [0.717, 1.165) is 51.8 Å².